The molecule has 0 bridgehead atoms. The molecule has 1 aromatic heterocycles. The molecule has 0 aliphatic rings. The van der Waals surface area contributed by atoms with Crippen LogP contribution in [0.1, 0.15) is 10.4 Å². The summed E-state index contributed by atoms with van der Waals surface area (Å²) >= 11 is 5.56. The lowest BCUT2D eigenvalue weighted by Crippen LogP contribution is -2.01. The number of benzene rings is 1. The van der Waals surface area contributed by atoms with E-state index in [1.807, 2.05) is 5.38 Å². The third-order valence-corrected chi connectivity index (χ3v) is 3.32. The molecule has 0 radical (unpaired) electrons. The zero-order valence-corrected chi connectivity index (χ0v) is 8.73. The fraction of sp³-hybridized carbons (Fsp3) is 0. The standard InChI is InChI=1S/C9H7NO2S2/c10-5-3-6-4(1-2-14-6)7(8(5)13)9(11)12/h1-3,13H,10H2,(H,11,12). The fourth-order valence-electron chi connectivity index (χ4n) is 1.34. The molecular weight excluding hydrogens is 218 g/mol. The average Bonchev–Trinajstić information content (AvgIpc) is 2.52. The summed E-state index contributed by atoms with van der Waals surface area (Å²) in [6, 6.07) is 3.51. The molecule has 0 saturated heterocycles. The smallest absolute Gasteiger partial charge is 0.337 e. The molecule has 0 atom stereocenters. The van der Waals surface area contributed by atoms with Crippen LogP contribution in [0, 0.1) is 0 Å². The summed E-state index contributed by atoms with van der Waals surface area (Å²) in [4.78, 5) is 11.3. The molecule has 3 N–H and O–H groups in total. The molecule has 0 aliphatic carbocycles. The van der Waals surface area contributed by atoms with Crippen molar-refractivity contribution in [3.05, 3.63) is 23.1 Å². The van der Waals surface area contributed by atoms with E-state index in [1.54, 1.807) is 12.1 Å². The van der Waals surface area contributed by atoms with Gasteiger partial charge in [0.25, 0.3) is 0 Å². The van der Waals surface area contributed by atoms with Gasteiger partial charge in [0.2, 0.25) is 0 Å². The van der Waals surface area contributed by atoms with Crippen LogP contribution in [0.2, 0.25) is 0 Å². The van der Waals surface area contributed by atoms with Crippen molar-refractivity contribution >= 4 is 45.7 Å². The van der Waals surface area contributed by atoms with Crippen LogP contribution in [0.4, 0.5) is 5.69 Å². The Hall–Kier alpha value is -1.20. The number of carbonyl (C=O) groups is 1. The normalized spacial score (nSPS) is 10.6. The van der Waals surface area contributed by atoms with Crippen molar-refractivity contribution in [3.63, 3.8) is 0 Å². The number of fused-ring (bicyclic) bond motifs is 1. The second kappa shape index (κ2) is 3.18. The summed E-state index contributed by atoms with van der Waals surface area (Å²) in [5.74, 6) is -0.995. The van der Waals surface area contributed by atoms with Crippen LogP contribution < -0.4 is 5.73 Å². The first kappa shape index (κ1) is 9.36. The minimum absolute atomic E-state index is 0.185. The molecule has 14 heavy (non-hydrogen) atoms. The van der Waals surface area contributed by atoms with Gasteiger partial charge in [0.05, 0.1) is 5.56 Å². The van der Waals surface area contributed by atoms with E-state index in [0.29, 0.717) is 16.0 Å². The number of thiophene rings is 1. The van der Waals surface area contributed by atoms with Crippen molar-refractivity contribution in [1.82, 2.24) is 0 Å². The summed E-state index contributed by atoms with van der Waals surface area (Å²) in [6.45, 7) is 0. The van der Waals surface area contributed by atoms with Crippen LogP contribution in [-0.4, -0.2) is 11.1 Å². The highest BCUT2D eigenvalue weighted by Gasteiger charge is 2.15. The molecule has 0 saturated carbocycles. The maximum Gasteiger partial charge on any atom is 0.337 e. The lowest BCUT2D eigenvalue weighted by molar-refractivity contribution is 0.0695. The van der Waals surface area contributed by atoms with Crippen molar-refractivity contribution in [2.24, 2.45) is 0 Å². The van der Waals surface area contributed by atoms with Crippen LogP contribution in [0.15, 0.2) is 22.4 Å². The Kier molecular flexibility index (Phi) is 2.13. The first-order valence-electron chi connectivity index (χ1n) is 3.83. The predicted octanol–water partition coefficient (Wildman–Crippen LogP) is 2.47. The first-order chi connectivity index (χ1) is 6.61. The molecule has 72 valence electrons. The lowest BCUT2D eigenvalue weighted by Gasteiger charge is -2.04. The van der Waals surface area contributed by atoms with Crippen molar-refractivity contribution < 1.29 is 9.90 Å². The van der Waals surface area contributed by atoms with E-state index in [4.69, 9.17) is 10.8 Å². The van der Waals surface area contributed by atoms with Crippen LogP contribution >= 0.6 is 24.0 Å². The predicted molar refractivity (Wildman–Crippen MR) is 60.4 cm³/mol. The largest absolute Gasteiger partial charge is 0.478 e. The maximum absolute atomic E-state index is 11.0. The number of nitrogen functional groups attached to an aromatic ring is 1. The topological polar surface area (TPSA) is 63.3 Å². The van der Waals surface area contributed by atoms with Crippen molar-refractivity contribution in [3.8, 4) is 0 Å². The number of hydrogen-bond acceptors (Lipinski definition) is 4. The van der Waals surface area contributed by atoms with Gasteiger partial charge in [0.15, 0.2) is 0 Å². The Morgan fingerprint density at radius 3 is 2.93 bits per heavy atom. The Bertz CT molecular complexity index is 519. The number of carboxylic acids is 1. The number of nitrogens with two attached hydrogens (primary N) is 1. The summed E-state index contributed by atoms with van der Waals surface area (Å²) in [5.41, 5.74) is 6.24. The number of hydrogen-bond donors (Lipinski definition) is 3. The SMILES string of the molecule is Nc1cc2sccc2c(C(=O)O)c1S. The van der Waals surface area contributed by atoms with Gasteiger partial charge in [-0.15, -0.1) is 24.0 Å². The van der Waals surface area contributed by atoms with Crippen LogP contribution in [0.5, 0.6) is 0 Å². The number of carboxylic acid groups (broad SMARTS) is 1. The molecule has 1 aromatic carbocycles. The molecular formula is C9H7NO2S2. The fourth-order valence-corrected chi connectivity index (χ4v) is 2.46. The molecule has 0 amide bonds. The molecule has 2 aromatic rings. The minimum Gasteiger partial charge on any atom is -0.478 e. The van der Waals surface area contributed by atoms with Gasteiger partial charge in [-0.3, -0.25) is 0 Å². The zero-order valence-electron chi connectivity index (χ0n) is 7.02. The Morgan fingerprint density at radius 1 is 1.57 bits per heavy atom. The summed E-state index contributed by atoms with van der Waals surface area (Å²) in [6.07, 6.45) is 0. The highest BCUT2D eigenvalue weighted by molar-refractivity contribution is 7.80. The van der Waals surface area contributed by atoms with Gasteiger partial charge in [-0.05, 0) is 17.5 Å². The molecule has 3 nitrogen and oxygen atoms in total. The highest BCUT2D eigenvalue weighted by Crippen LogP contribution is 2.33. The summed E-state index contributed by atoms with van der Waals surface area (Å²) in [7, 11) is 0. The monoisotopic (exact) mass is 225 g/mol. The van der Waals surface area contributed by atoms with Gasteiger partial charge < -0.3 is 10.8 Å². The number of thiol groups is 1. The van der Waals surface area contributed by atoms with Gasteiger partial charge >= 0.3 is 5.97 Å². The highest BCUT2D eigenvalue weighted by atomic mass is 32.1. The number of rotatable bonds is 1. The average molecular weight is 225 g/mol. The second-order valence-electron chi connectivity index (χ2n) is 2.83. The van der Waals surface area contributed by atoms with Crippen LogP contribution in [0.3, 0.4) is 0 Å². The number of anilines is 1. The maximum atomic E-state index is 11.0. The molecule has 1 heterocycles. The van der Waals surface area contributed by atoms with Crippen molar-refractivity contribution in [1.29, 1.82) is 0 Å². The molecule has 0 spiro atoms. The van der Waals surface area contributed by atoms with Crippen LogP contribution in [-0.2, 0) is 0 Å². The van der Waals surface area contributed by atoms with E-state index in [2.05, 4.69) is 12.6 Å². The van der Waals surface area contributed by atoms with Crippen molar-refractivity contribution in [2.45, 2.75) is 4.90 Å². The van der Waals surface area contributed by atoms with E-state index in [-0.39, 0.29) is 5.56 Å². The minimum atomic E-state index is -0.995. The van der Waals surface area contributed by atoms with Gasteiger partial charge in [0, 0.05) is 20.7 Å². The summed E-state index contributed by atoms with van der Waals surface area (Å²) in [5, 5.41) is 11.5. The van der Waals surface area contributed by atoms with Crippen LogP contribution in [0.25, 0.3) is 10.1 Å². The number of aromatic carboxylic acids is 1. The Balaban J connectivity index is 2.93. The van der Waals surface area contributed by atoms with Gasteiger partial charge in [0.1, 0.15) is 0 Å². The van der Waals surface area contributed by atoms with Crippen molar-refractivity contribution in [2.75, 3.05) is 5.73 Å². The third kappa shape index (κ3) is 1.25. The van der Waals surface area contributed by atoms with Gasteiger partial charge in [-0.25, -0.2) is 4.79 Å². The van der Waals surface area contributed by atoms with E-state index in [1.165, 1.54) is 11.3 Å². The molecule has 0 fully saturated rings. The molecule has 0 aliphatic heterocycles. The third-order valence-electron chi connectivity index (χ3n) is 1.98. The van der Waals surface area contributed by atoms with Gasteiger partial charge in [-0.1, -0.05) is 0 Å². The second-order valence-corrected chi connectivity index (χ2v) is 4.22. The van der Waals surface area contributed by atoms with E-state index >= 15 is 0 Å². The molecule has 0 unspecified atom stereocenters. The first-order valence-corrected chi connectivity index (χ1v) is 5.16. The zero-order chi connectivity index (χ0) is 10.3. The Morgan fingerprint density at radius 2 is 2.29 bits per heavy atom. The quantitative estimate of drug-likeness (QED) is 0.516. The van der Waals surface area contributed by atoms with Gasteiger partial charge in [-0.2, -0.15) is 0 Å². The van der Waals surface area contributed by atoms with E-state index < -0.39 is 5.97 Å². The molecule has 5 heteroatoms. The van der Waals surface area contributed by atoms with E-state index in [9.17, 15) is 4.79 Å². The summed E-state index contributed by atoms with van der Waals surface area (Å²) < 4.78 is 0.873. The van der Waals surface area contributed by atoms with E-state index in [0.717, 1.165) is 4.70 Å². The molecule has 2 rings (SSSR count). The lowest BCUT2D eigenvalue weighted by atomic mass is 10.1. The Labute approximate surface area is 89.6 Å².